The molecule has 1 atom stereocenters. The van der Waals surface area contributed by atoms with E-state index in [4.69, 9.17) is 16.6 Å². The zero-order valence-electron chi connectivity index (χ0n) is 14.3. The number of amides is 1. The van der Waals surface area contributed by atoms with Gasteiger partial charge >= 0.3 is 0 Å². The van der Waals surface area contributed by atoms with Crippen molar-refractivity contribution in [2.24, 2.45) is 5.92 Å². The number of fused-ring (bicyclic) bond motifs is 3. The summed E-state index contributed by atoms with van der Waals surface area (Å²) in [6, 6.07) is 9.69. The summed E-state index contributed by atoms with van der Waals surface area (Å²) in [6.45, 7) is 4.02. The van der Waals surface area contributed by atoms with Crippen molar-refractivity contribution in [3.63, 3.8) is 0 Å². The van der Waals surface area contributed by atoms with E-state index in [0.717, 1.165) is 47.5 Å². The molecule has 1 aliphatic rings. The van der Waals surface area contributed by atoms with Gasteiger partial charge in [0.25, 0.3) is 0 Å². The number of carbonyl (C=O) groups excluding carboxylic acids is 1. The van der Waals surface area contributed by atoms with Crippen LogP contribution in [-0.4, -0.2) is 15.3 Å². The molecular weight excluding hydrogens is 334 g/mol. The predicted molar refractivity (Wildman–Crippen MR) is 100 cm³/mol. The number of carbonyl (C=O) groups is 1. The standard InChI is InChI=1S/C20H20ClN3O/c1-12-7-8-24-18-11-14(3-5-17(18)22-19(24)9-12)20(25)23-16-6-4-15(21)10-13(16)2/h4,6-10,14H,3,5,11H2,1-2H3,(H,23,25). The number of aryl methyl sites for hydroxylation is 3. The van der Waals surface area contributed by atoms with Crippen LogP contribution in [0, 0.1) is 19.8 Å². The molecule has 2 heterocycles. The molecule has 3 aromatic rings. The van der Waals surface area contributed by atoms with Crippen molar-refractivity contribution in [3.8, 4) is 0 Å². The fourth-order valence-electron chi connectivity index (χ4n) is 3.53. The quantitative estimate of drug-likeness (QED) is 0.744. The van der Waals surface area contributed by atoms with Gasteiger partial charge in [-0.05, 0) is 68.1 Å². The third-order valence-corrected chi connectivity index (χ3v) is 5.19. The Hall–Kier alpha value is -2.33. The average molecular weight is 354 g/mol. The molecule has 0 fully saturated rings. The largest absolute Gasteiger partial charge is 0.326 e. The fraction of sp³-hybridized carbons (Fsp3) is 0.300. The SMILES string of the molecule is Cc1ccn2c3c(nc2c1)CCC(C(=O)Nc1ccc(Cl)cc1C)C3. The highest BCUT2D eigenvalue weighted by molar-refractivity contribution is 6.30. The van der Waals surface area contributed by atoms with Crippen molar-refractivity contribution in [2.45, 2.75) is 33.1 Å². The van der Waals surface area contributed by atoms with Crippen LogP contribution in [-0.2, 0) is 17.6 Å². The molecule has 4 nitrogen and oxygen atoms in total. The molecule has 25 heavy (non-hydrogen) atoms. The smallest absolute Gasteiger partial charge is 0.227 e. The van der Waals surface area contributed by atoms with Crippen LogP contribution in [0.15, 0.2) is 36.5 Å². The Labute approximate surface area is 151 Å². The Kier molecular flexibility index (Phi) is 4.00. The molecule has 0 saturated carbocycles. The number of anilines is 1. The van der Waals surface area contributed by atoms with Gasteiger partial charge in [0.05, 0.1) is 5.69 Å². The number of nitrogens with one attached hydrogen (secondary N) is 1. The maximum absolute atomic E-state index is 12.8. The minimum Gasteiger partial charge on any atom is -0.326 e. The van der Waals surface area contributed by atoms with E-state index < -0.39 is 0 Å². The van der Waals surface area contributed by atoms with Crippen molar-refractivity contribution in [1.29, 1.82) is 0 Å². The Morgan fingerprint density at radius 1 is 1.28 bits per heavy atom. The Bertz CT molecular complexity index is 976. The summed E-state index contributed by atoms with van der Waals surface area (Å²) in [5.41, 5.74) is 6.25. The maximum Gasteiger partial charge on any atom is 0.227 e. The lowest BCUT2D eigenvalue weighted by molar-refractivity contribution is -0.120. The molecule has 1 aromatic carbocycles. The Morgan fingerprint density at radius 2 is 2.12 bits per heavy atom. The number of rotatable bonds is 2. The van der Waals surface area contributed by atoms with E-state index in [1.807, 2.05) is 19.1 Å². The van der Waals surface area contributed by atoms with Crippen molar-refractivity contribution < 1.29 is 4.79 Å². The molecule has 1 amide bonds. The highest BCUT2D eigenvalue weighted by Gasteiger charge is 2.28. The molecule has 0 bridgehead atoms. The van der Waals surface area contributed by atoms with Crippen LogP contribution in [0.3, 0.4) is 0 Å². The molecule has 1 unspecified atom stereocenters. The number of benzene rings is 1. The zero-order chi connectivity index (χ0) is 17.6. The summed E-state index contributed by atoms with van der Waals surface area (Å²) in [4.78, 5) is 17.5. The number of imidazole rings is 1. The summed E-state index contributed by atoms with van der Waals surface area (Å²) in [7, 11) is 0. The molecule has 1 N–H and O–H groups in total. The lowest BCUT2D eigenvalue weighted by Crippen LogP contribution is -2.28. The highest BCUT2D eigenvalue weighted by atomic mass is 35.5. The van der Waals surface area contributed by atoms with E-state index >= 15 is 0 Å². The lowest BCUT2D eigenvalue weighted by atomic mass is 9.89. The van der Waals surface area contributed by atoms with Gasteiger partial charge in [0.2, 0.25) is 5.91 Å². The molecule has 0 saturated heterocycles. The summed E-state index contributed by atoms with van der Waals surface area (Å²) in [6.07, 6.45) is 4.44. The third-order valence-electron chi connectivity index (χ3n) is 4.95. The fourth-order valence-corrected chi connectivity index (χ4v) is 3.76. The number of hydrogen-bond acceptors (Lipinski definition) is 2. The normalized spacial score (nSPS) is 16.7. The highest BCUT2D eigenvalue weighted by Crippen LogP contribution is 2.28. The van der Waals surface area contributed by atoms with E-state index in [1.165, 1.54) is 5.56 Å². The molecule has 4 rings (SSSR count). The van der Waals surface area contributed by atoms with Gasteiger partial charge in [-0.3, -0.25) is 4.79 Å². The first-order valence-electron chi connectivity index (χ1n) is 8.55. The second-order valence-corrected chi connectivity index (χ2v) is 7.26. The van der Waals surface area contributed by atoms with E-state index in [0.29, 0.717) is 5.02 Å². The van der Waals surface area contributed by atoms with E-state index in [9.17, 15) is 4.79 Å². The van der Waals surface area contributed by atoms with Crippen LogP contribution >= 0.6 is 11.6 Å². The molecule has 1 aliphatic carbocycles. The van der Waals surface area contributed by atoms with Crippen molar-refractivity contribution in [1.82, 2.24) is 9.38 Å². The number of halogens is 1. The Morgan fingerprint density at radius 3 is 2.92 bits per heavy atom. The van der Waals surface area contributed by atoms with E-state index in [1.54, 1.807) is 6.07 Å². The lowest BCUT2D eigenvalue weighted by Gasteiger charge is -2.22. The molecular formula is C20H20ClN3O. The van der Waals surface area contributed by atoms with Crippen LogP contribution in [0.2, 0.25) is 5.02 Å². The summed E-state index contributed by atoms with van der Waals surface area (Å²) >= 11 is 5.99. The van der Waals surface area contributed by atoms with Gasteiger partial charge in [0, 0.05) is 34.9 Å². The van der Waals surface area contributed by atoms with Gasteiger partial charge in [0.15, 0.2) is 0 Å². The van der Waals surface area contributed by atoms with Gasteiger partial charge in [-0.25, -0.2) is 4.98 Å². The van der Waals surface area contributed by atoms with E-state index in [2.05, 4.69) is 35.0 Å². The van der Waals surface area contributed by atoms with Crippen molar-refractivity contribution in [2.75, 3.05) is 5.32 Å². The van der Waals surface area contributed by atoms with Crippen LogP contribution in [0.4, 0.5) is 5.69 Å². The number of aromatic nitrogens is 2. The van der Waals surface area contributed by atoms with Gasteiger partial charge in [-0.2, -0.15) is 0 Å². The Balaban J connectivity index is 1.57. The van der Waals surface area contributed by atoms with Crippen LogP contribution in [0.5, 0.6) is 0 Å². The first-order valence-corrected chi connectivity index (χ1v) is 8.92. The molecule has 128 valence electrons. The summed E-state index contributed by atoms with van der Waals surface area (Å²) in [5.74, 6) is 0.0296. The number of pyridine rings is 1. The molecule has 0 radical (unpaired) electrons. The maximum atomic E-state index is 12.8. The van der Waals surface area contributed by atoms with Gasteiger partial charge in [0.1, 0.15) is 5.65 Å². The second-order valence-electron chi connectivity index (χ2n) is 6.83. The minimum absolute atomic E-state index is 0.0382. The van der Waals surface area contributed by atoms with Crippen molar-refractivity contribution >= 4 is 28.8 Å². The number of hydrogen-bond donors (Lipinski definition) is 1. The van der Waals surface area contributed by atoms with Gasteiger partial charge in [-0.15, -0.1) is 0 Å². The average Bonchev–Trinajstić information content (AvgIpc) is 2.93. The van der Waals surface area contributed by atoms with Crippen LogP contribution < -0.4 is 5.32 Å². The minimum atomic E-state index is -0.0382. The van der Waals surface area contributed by atoms with Gasteiger partial charge in [-0.1, -0.05) is 11.6 Å². The molecule has 0 spiro atoms. The summed E-state index contributed by atoms with van der Waals surface area (Å²) in [5, 5.41) is 3.74. The molecule has 5 heteroatoms. The topological polar surface area (TPSA) is 46.4 Å². The molecule has 0 aliphatic heterocycles. The van der Waals surface area contributed by atoms with Gasteiger partial charge < -0.3 is 9.72 Å². The van der Waals surface area contributed by atoms with E-state index in [-0.39, 0.29) is 11.8 Å². The van der Waals surface area contributed by atoms with Crippen LogP contribution in [0.1, 0.15) is 28.9 Å². The molecule has 2 aromatic heterocycles. The monoisotopic (exact) mass is 353 g/mol. The first kappa shape index (κ1) is 16.2. The first-order chi connectivity index (χ1) is 12.0. The third kappa shape index (κ3) is 3.02. The number of nitrogens with zero attached hydrogens (tertiary/aromatic N) is 2. The van der Waals surface area contributed by atoms with Crippen LogP contribution in [0.25, 0.3) is 5.65 Å². The summed E-state index contributed by atoms with van der Waals surface area (Å²) < 4.78 is 2.12. The zero-order valence-corrected chi connectivity index (χ0v) is 15.1. The second kappa shape index (κ2) is 6.19. The predicted octanol–water partition coefficient (Wildman–Crippen LogP) is 4.35. The van der Waals surface area contributed by atoms with Crippen molar-refractivity contribution in [3.05, 3.63) is 64.1 Å².